The first kappa shape index (κ1) is 23.8. The van der Waals surface area contributed by atoms with Gasteiger partial charge >= 0.3 is 0 Å². The number of aromatic nitrogens is 1. The van der Waals surface area contributed by atoms with Crippen molar-refractivity contribution in [1.29, 1.82) is 0 Å². The highest BCUT2D eigenvalue weighted by Gasteiger charge is 2.59. The Morgan fingerprint density at radius 3 is 2.65 bits per heavy atom. The maximum Gasteiger partial charge on any atom is 0.223 e. The van der Waals surface area contributed by atoms with Crippen molar-refractivity contribution in [3.63, 3.8) is 0 Å². The van der Waals surface area contributed by atoms with Crippen molar-refractivity contribution in [2.45, 2.75) is 70.8 Å². The summed E-state index contributed by atoms with van der Waals surface area (Å²) < 4.78 is 0. The fourth-order valence-electron chi connectivity index (χ4n) is 6.79. The van der Waals surface area contributed by atoms with E-state index >= 15 is 0 Å². The number of benzene rings is 1. The number of carbonyl (C=O) groups excluding carboxylic acids is 1. The first-order chi connectivity index (χ1) is 16.3. The lowest BCUT2D eigenvalue weighted by molar-refractivity contribution is -0.147. The Morgan fingerprint density at radius 2 is 1.94 bits per heavy atom. The molecule has 3 N–H and O–H groups in total. The SMILES string of the molecule is C[C@]1(CO)[C@H]2Cc3sc(Nc4ccccc4)nc3[C@@H](CC(=O)N3CCCCC3)[C@]2(C)CC[C@H]1O. The Bertz CT molecular complexity index is 1020. The van der Waals surface area contributed by atoms with Crippen LogP contribution in [0.15, 0.2) is 30.3 Å². The van der Waals surface area contributed by atoms with Gasteiger partial charge in [-0.3, -0.25) is 4.79 Å². The number of likely N-dealkylation sites (tertiary alicyclic amines) is 1. The van der Waals surface area contributed by atoms with Crippen LogP contribution in [-0.4, -0.2) is 51.8 Å². The molecule has 7 heteroatoms. The molecule has 2 aromatic rings. The molecule has 0 unspecified atom stereocenters. The second-order valence-electron chi connectivity index (χ2n) is 11.0. The van der Waals surface area contributed by atoms with Gasteiger partial charge in [-0.15, -0.1) is 11.3 Å². The van der Waals surface area contributed by atoms with E-state index in [1.54, 1.807) is 11.3 Å². The van der Waals surface area contributed by atoms with Crippen LogP contribution in [0.5, 0.6) is 0 Å². The van der Waals surface area contributed by atoms with E-state index in [0.717, 1.165) is 55.3 Å². The van der Waals surface area contributed by atoms with Gasteiger partial charge in [-0.05, 0) is 62.0 Å². The lowest BCUT2D eigenvalue weighted by atomic mass is 9.47. The first-order valence-corrected chi connectivity index (χ1v) is 13.5. The van der Waals surface area contributed by atoms with Gasteiger partial charge in [0.25, 0.3) is 0 Å². The van der Waals surface area contributed by atoms with Gasteiger partial charge in [0.2, 0.25) is 5.91 Å². The summed E-state index contributed by atoms with van der Waals surface area (Å²) in [5.74, 6) is 0.293. The standard InChI is InChI=1S/C27H37N3O3S/c1-26-12-11-22(32)27(2,17-31)21(26)16-20-24(19(26)15-23(33)30-13-7-4-8-14-30)29-25(34-20)28-18-9-5-3-6-10-18/h3,5-6,9-10,19,21-22,31-32H,4,7-8,11-17H2,1-2H3,(H,28,29)/t19-,21+,22-,26+,27+/m1/s1. The molecular weight excluding hydrogens is 446 g/mol. The summed E-state index contributed by atoms with van der Waals surface area (Å²) >= 11 is 1.65. The molecule has 2 fully saturated rings. The van der Waals surface area contributed by atoms with E-state index in [0.29, 0.717) is 12.8 Å². The fraction of sp³-hybridized carbons (Fsp3) is 0.630. The van der Waals surface area contributed by atoms with Crippen LogP contribution < -0.4 is 5.32 Å². The number of amides is 1. The normalized spacial score (nSPS) is 33.2. The molecule has 2 aliphatic carbocycles. The minimum absolute atomic E-state index is 0.0170. The zero-order valence-electron chi connectivity index (χ0n) is 20.3. The second-order valence-corrected chi connectivity index (χ2v) is 12.1. The highest BCUT2D eigenvalue weighted by molar-refractivity contribution is 7.15. The van der Waals surface area contributed by atoms with Crippen molar-refractivity contribution in [2.24, 2.45) is 16.7 Å². The molecule has 6 nitrogen and oxygen atoms in total. The summed E-state index contributed by atoms with van der Waals surface area (Å²) in [5, 5.41) is 25.7. The summed E-state index contributed by atoms with van der Waals surface area (Å²) in [5.41, 5.74) is 1.25. The minimum atomic E-state index is -0.589. The maximum atomic E-state index is 13.5. The monoisotopic (exact) mass is 483 g/mol. The number of anilines is 2. The van der Waals surface area contributed by atoms with E-state index in [2.05, 4.69) is 12.2 Å². The molecule has 184 valence electrons. The molecule has 0 radical (unpaired) electrons. The smallest absolute Gasteiger partial charge is 0.223 e. The molecule has 1 aromatic carbocycles. The van der Waals surface area contributed by atoms with E-state index in [-0.39, 0.29) is 29.8 Å². The zero-order chi connectivity index (χ0) is 23.9. The van der Waals surface area contributed by atoms with Gasteiger partial charge in [0.15, 0.2) is 5.13 Å². The van der Waals surface area contributed by atoms with Crippen LogP contribution in [0.4, 0.5) is 10.8 Å². The Labute approximate surface area is 206 Å². The van der Waals surface area contributed by atoms with Gasteiger partial charge in [-0.2, -0.15) is 0 Å². The molecule has 0 bridgehead atoms. The average molecular weight is 484 g/mol. The highest BCUT2D eigenvalue weighted by Crippen LogP contribution is 2.63. The number of fused-ring (bicyclic) bond motifs is 2. The van der Waals surface area contributed by atoms with Crippen LogP contribution in [0.3, 0.4) is 0 Å². The second kappa shape index (κ2) is 9.25. The zero-order valence-corrected chi connectivity index (χ0v) is 21.1. The molecule has 5 atom stereocenters. The number of piperidine rings is 1. The molecule has 1 amide bonds. The molecule has 5 rings (SSSR count). The van der Waals surface area contributed by atoms with Crippen LogP contribution in [0.1, 0.15) is 68.9 Å². The van der Waals surface area contributed by atoms with Gasteiger partial charge in [0, 0.05) is 41.4 Å². The number of thiazole rings is 1. The molecule has 3 aliphatic rings. The van der Waals surface area contributed by atoms with Crippen molar-refractivity contribution >= 4 is 28.1 Å². The molecule has 1 aromatic heterocycles. The minimum Gasteiger partial charge on any atom is -0.396 e. The van der Waals surface area contributed by atoms with E-state index in [4.69, 9.17) is 4.98 Å². The predicted molar refractivity (Wildman–Crippen MR) is 135 cm³/mol. The molecule has 2 heterocycles. The summed E-state index contributed by atoms with van der Waals surface area (Å²) in [6.45, 7) is 5.95. The van der Waals surface area contributed by atoms with Crippen molar-refractivity contribution in [3.8, 4) is 0 Å². The van der Waals surface area contributed by atoms with Crippen LogP contribution in [0.2, 0.25) is 0 Å². The third kappa shape index (κ3) is 4.06. The van der Waals surface area contributed by atoms with Gasteiger partial charge in [0.1, 0.15) is 0 Å². The van der Waals surface area contributed by atoms with Gasteiger partial charge in [0.05, 0.1) is 18.4 Å². The predicted octanol–water partition coefficient (Wildman–Crippen LogP) is 4.70. The largest absolute Gasteiger partial charge is 0.396 e. The van der Waals surface area contributed by atoms with E-state index < -0.39 is 11.5 Å². The summed E-state index contributed by atoms with van der Waals surface area (Å²) in [4.78, 5) is 21.8. The number of hydrogen-bond donors (Lipinski definition) is 3. The van der Waals surface area contributed by atoms with Gasteiger partial charge in [-0.1, -0.05) is 32.0 Å². The molecule has 1 saturated carbocycles. The summed E-state index contributed by atoms with van der Waals surface area (Å²) in [6.07, 6.45) is 5.54. The number of carbonyl (C=O) groups is 1. The van der Waals surface area contributed by atoms with Crippen LogP contribution >= 0.6 is 11.3 Å². The number of rotatable bonds is 5. The molecule has 1 saturated heterocycles. The van der Waals surface area contributed by atoms with E-state index in [9.17, 15) is 15.0 Å². The Kier molecular flexibility index (Phi) is 6.46. The van der Waals surface area contributed by atoms with Crippen LogP contribution in [0.25, 0.3) is 0 Å². The Morgan fingerprint density at radius 1 is 1.21 bits per heavy atom. The number of nitrogens with zero attached hydrogens (tertiary/aromatic N) is 2. The Hall–Kier alpha value is -1.96. The third-order valence-corrected chi connectivity index (χ3v) is 10.0. The average Bonchev–Trinajstić information content (AvgIpc) is 3.26. The van der Waals surface area contributed by atoms with Crippen molar-refractivity contribution in [1.82, 2.24) is 9.88 Å². The van der Waals surface area contributed by atoms with Crippen molar-refractivity contribution in [2.75, 3.05) is 25.0 Å². The van der Waals surface area contributed by atoms with Crippen molar-refractivity contribution in [3.05, 3.63) is 40.9 Å². The molecule has 0 spiro atoms. The van der Waals surface area contributed by atoms with Crippen LogP contribution in [0, 0.1) is 16.7 Å². The molecule has 34 heavy (non-hydrogen) atoms. The number of para-hydroxylation sites is 1. The molecular formula is C27H37N3O3S. The topological polar surface area (TPSA) is 85.7 Å². The van der Waals surface area contributed by atoms with Gasteiger partial charge < -0.3 is 20.4 Å². The highest BCUT2D eigenvalue weighted by atomic mass is 32.1. The fourth-order valence-corrected chi connectivity index (χ4v) is 7.88. The number of hydrogen-bond acceptors (Lipinski definition) is 6. The summed E-state index contributed by atoms with van der Waals surface area (Å²) in [7, 11) is 0. The number of nitrogens with one attached hydrogen (secondary N) is 1. The summed E-state index contributed by atoms with van der Waals surface area (Å²) in [6, 6.07) is 10.0. The first-order valence-electron chi connectivity index (χ1n) is 12.7. The van der Waals surface area contributed by atoms with E-state index in [1.807, 2.05) is 42.2 Å². The van der Waals surface area contributed by atoms with Crippen molar-refractivity contribution < 1.29 is 15.0 Å². The third-order valence-electron chi connectivity index (χ3n) is 9.01. The van der Waals surface area contributed by atoms with Gasteiger partial charge in [-0.25, -0.2) is 4.98 Å². The number of aliphatic hydroxyl groups is 2. The lowest BCUT2D eigenvalue weighted by Gasteiger charge is -2.58. The lowest BCUT2D eigenvalue weighted by Crippen LogP contribution is -2.57. The number of aliphatic hydroxyl groups excluding tert-OH is 2. The van der Waals surface area contributed by atoms with Crippen LogP contribution in [-0.2, 0) is 11.2 Å². The Balaban J connectivity index is 1.52. The quantitative estimate of drug-likeness (QED) is 0.574. The molecule has 1 aliphatic heterocycles. The maximum absolute atomic E-state index is 13.5. The van der Waals surface area contributed by atoms with E-state index in [1.165, 1.54) is 11.3 Å².